The van der Waals surface area contributed by atoms with Crippen molar-refractivity contribution in [2.24, 2.45) is 0 Å². The van der Waals surface area contributed by atoms with Gasteiger partial charge >= 0.3 is 12.0 Å². The molecule has 0 aliphatic carbocycles. The molecule has 1 atom stereocenters. The number of ether oxygens (including phenoxy) is 1. The van der Waals surface area contributed by atoms with Crippen LogP contribution in [-0.4, -0.2) is 42.5 Å². The minimum atomic E-state index is -0.559. The average Bonchev–Trinajstić information content (AvgIpc) is 2.49. The zero-order valence-corrected chi connectivity index (χ0v) is 13.8. The van der Waals surface area contributed by atoms with Crippen molar-refractivity contribution in [2.45, 2.75) is 19.9 Å². The van der Waals surface area contributed by atoms with Crippen molar-refractivity contribution in [2.75, 3.05) is 20.7 Å². The largest absolute Gasteiger partial charge is 0.463 e. The molecule has 118 valence electrons. The number of likely N-dealkylation sites (N-methyl/N-ethyl adjacent to an activating group) is 1. The predicted octanol–water partition coefficient (Wildman–Crippen LogP) is 3.22. The fourth-order valence-corrected chi connectivity index (χ4v) is 2.83. The standard InChI is InChI=1S/C16H19ClN2O3/c1-5-22-15(20)13-10(2)18(3)16(21)19(4)14(13)11-8-6-7-9-12(11)17/h6-9,14H,5H2,1-4H3/t14-/m0/s1. The van der Waals surface area contributed by atoms with Gasteiger partial charge in [-0.15, -0.1) is 0 Å². The molecule has 0 N–H and O–H groups in total. The quantitative estimate of drug-likeness (QED) is 0.803. The topological polar surface area (TPSA) is 49.9 Å². The van der Waals surface area contributed by atoms with Gasteiger partial charge in [0.05, 0.1) is 18.2 Å². The van der Waals surface area contributed by atoms with Crippen molar-refractivity contribution in [1.29, 1.82) is 0 Å². The Morgan fingerprint density at radius 2 is 1.95 bits per heavy atom. The van der Waals surface area contributed by atoms with Gasteiger partial charge in [-0.3, -0.25) is 0 Å². The second kappa shape index (κ2) is 6.40. The normalized spacial score (nSPS) is 18.8. The van der Waals surface area contributed by atoms with E-state index >= 15 is 0 Å². The predicted molar refractivity (Wildman–Crippen MR) is 84.4 cm³/mol. The zero-order valence-electron chi connectivity index (χ0n) is 13.1. The van der Waals surface area contributed by atoms with E-state index in [9.17, 15) is 9.59 Å². The van der Waals surface area contributed by atoms with Gasteiger partial charge in [-0.2, -0.15) is 0 Å². The molecule has 1 aromatic carbocycles. The maximum Gasteiger partial charge on any atom is 0.338 e. The average molecular weight is 323 g/mol. The molecule has 0 unspecified atom stereocenters. The fraction of sp³-hybridized carbons (Fsp3) is 0.375. The van der Waals surface area contributed by atoms with E-state index in [4.69, 9.17) is 16.3 Å². The summed E-state index contributed by atoms with van der Waals surface area (Å²) in [5, 5.41) is 0.506. The molecule has 0 aromatic heterocycles. The maximum atomic E-state index is 12.4. The van der Waals surface area contributed by atoms with E-state index in [1.807, 2.05) is 18.2 Å². The lowest BCUT2D eigenvalue weighted by Crippen LogP contribution is -2.47. The van der Waals surface area contributed by atoms with Crippen molar-refractivity contribution in [1.82, 2.24) is 9.80 Å². The summed E-state index contributed by atoms with van der Waals surface area (Å²) in [7, 11) is 3.29. The van der Waals surface area contributed by atoms with Crippen LogP contribution in [0.4, 0.5) is 4.79 Å². The maximum absolute atomic E-state index is 12.4. The highest BCUT2D eigenvalue weighted by atomic mass is 35.5. The molecule has 0 fully saturated rings. The first kappa shape index (κ1) is 16.4. The number of carbonyl (C=O) groups excluding carboxylic acids is 2. The molecule has 1 heterocycles. The van der Waals surface area contributed by atoms with Gasteiger partial charge in [-0.1, -0.05) is 29.8 Å². The highest BCUT2D eigenvalue weighted by Gasteiger charge is 2.39. The molecular weight excluding hydrogens is 304 g/mol. The molecule has 1 aromatic rings. The second-order valence-electron chi connectivity index (χ2n) is 5.10. The Balaban J connectivity index is 2.63. The van der Waals surface area contributed by atoms with Crippen molar-refractivity contribution in [3.63, 3.8) is 0 Å². The van der Waals surface area contributed by atoms with Crippen LogP contribution < -0.4 is 0 Å². The monoisotopic (exact) mass is 322 g/mol. The third kappa shape index (κ3) is 2.68. The molecule has 2 amide bonds. The number of carbonyl (C=O) groups is 2. The number of urea groups is 1. The molecule has 0 bridgehead atoms. The van der Waals surface area contributed by atoms with E-state index in [0.29, 0.717) is 21.9 Å². The number of esters is 1. The minimum absolute atomic E-state index is 0.199. The van der Waals surface area contributed by atoms with Gasteiger partial charge in [0.15, 0.2) is 0 Å². The summed E-state index contributed by atoms with van der Waals surface area (Å²) in [5.41, 5.74) is 1.71. The van der Waals surface area contributed by atoms with Crippen molar-refractivity contribution >= 4 is 23.6 Å². The second-order valence-corrected chi connectivity index (χ2v) is 5.50. The number of rotatable bonds is 3. The summed E-state index contributed by atoms with van der Waals surface area (Å²) in [6.45, 7) is 3.76. The first-order valence-corrected chi connectivity index (χ1v) is 7.40. The fourth-order valence-electron chi connectivity index (χ4n) is 2.59. The molecule has 1 aliphatic rings. The highest BCUT2D eigenvalue weighted by Crippen LogP contribution is 2.38. The number of hydrogen-bond acceptors (Lipinski definition) is 3. The van der Waals surface area contributed by atoms with Crippen molar-refractivity contribution in [3.8, 4) is 0 Å². The number of benzene rings is 1. The number of halogens is 1. The number of nitrogens with zero attached hydrogens (tertiary/aromatic N) is 2. The Morgan fingerprint density at radius 1 is 1.32 bits per heavy atom. The summed E-state index contributed by atoms with van der Waals surface area (Å²) >= 11 is 6.28. The van der Waals surface area contributed by atoms with Crippen LogP contribution >= 0.6 is 11.6 Å². The molecule has 0 saturated heterocycles. The van der Waals surface area contributed by atoms with Gasteiger partial charge in [0.2, 0.25) is 0 Å². The Hall–Kier alpha value is -2.01. The molecule has 6 heteroatoms. The molecule has 1 aliphatic heterocycles. The third-order valence-corrected chi connectivity index (χ3v) is 4.18. The third-order valence-electron chi connectivity index (χ3n) is 3.84. The molecule has 0 radical (unpaired) electrons. The smallest absolute Gasteiger partial charge is 0.338 e. The van der Waals surface area contributed by atoms with Crippen molar-refractivity contribution < 1.29 is 14.3 Å². The van der Waals surface area contributed by atoms with E-state index in [1.54, 1.807) is 34.0 Å². The summed E-state index contributed by atoms with van der Waals surface area (Å²) < 4.78 is 5.17. The Bertz CT molecular complexity index is 642. The van der Waals surface area contributed by atoms with Crippen LogP contribution in [0.5, 0.6) is 0 Å². The number of amides is 2. The molecule has 2 rings (SSSR count). The lowest BCUT2D eigenvalue weighted by Gasteiger charge is -2.39. The van der Waals surface area contributed by atoms with Gasteiger partial charge < -0.3 is 14.5 Å². The molecule has 5 nitrogen and oxygen atoms in total. The van der Waals surface area contributed by atoms with Crippen LogP contribution in [-0.2, 0) is 9.53 Å². The Kier molecular flexibility index (Phi) is 4.76. The summed E-state index contributed by atoms with van der Waals surface area (Å²) in [6, 6.07) is 6.44. The Morgan fingerprint density at radius 3 is 2.55 bits per heavy atom. The first-order chi connectivity index (χ1) is 10.4. The lowest BCUT2D eigenvalue weighted by molar-refractivity contribution is -0.139. The summed E-state index contributed by atoms with van der Waals surface area (Å²) in [5.74, 6) is -0.434. The number of hydrogen-bond donors (Lipinski definition) is 0. The van der Waals surface area contributed by atoms with Crippen LogP contribution in [0.15, 0.2) is 35.5 Å². The van der Waals surface area contributed by atoms with Gasteiger partial charge in [0, 0.05) is 24.8 Å². The highest BCUT2D eigenvalue weighted by molar-refractivity contribution is 6.31. The van der Waals surface area contributed by atoms with Gasteiger partial charge in [-0.05, 0) is 25.5 Å². The van der Waals surface area contributed by atoms with Gasteiger partial charge in [-0.25, -0.2) is 9.59 Å². The Labute approximate surface area is 135 Å². The van der Waals surface area contributed by atoms with Crippen LogP contribution in [0.1, 0.15) is 25.5 Å². The molecular formula is C16H19ClN2O3. The van der Waals surface area contributed by atoms with E-state index < -0.39 is 12.0 Å². The number of allylic oxidation sites excluding steroid dienone is 1. The van der Waals surface area contributed by atoms with Gasteiger partial charge in [0.25, 0.3) is 0 Å². The van der Waals surface area contributed by atoms with E-state index in [0.717, 1.165) is 0 Å². The van der Waals surface area contributed by atoms with Crippen molar-refractivity contribution in [3.05, 3.63) is 46.1 Å². The van der Waals surface area contributed by atoms with E-state index in [1.165, 1.54) is 9.80 Å². The van der Waals surface area contributed by atoms with Gasteiger partial charge in [0.1, 0.15) is 0 Å². The van der Waals surface area contributed by atoms with Crippen LogP contribution in [0, 0.1) is 0 Å². The van der Waals surface area contributed by atoms with Crippen LogP contribution in [0.3, 0.4) is 0 Å². The van der Waals surface area contributed by atoms with Crippen LogP contribution in [0.25, 0.3) is 0 Å². The molecule has 22 heavy (non-hydrogen) atoms. The van der Waals surface area contributed by atoms with Crippen LogP contribution in [0.2, 0.25) is 5.02 Å². The molecule has 0 saturated carbocycles. The van der Waals surface area contributed by atoms with E-state index in [-0.39, 0.29) is 12.6 Å². The SMILES string of the molecule is CCOC(=O)C1=C(C)N(C)C(=O)N(C)[C@H]1c1ccccc1Cl. The summed E-state index contributed by atoms with van der Waals surface area (Å²) in [4.78, 5) is 27.7. The van der Waals surface area contributed by atoms with E-state index in [2.05, 4.69) is 0 Å². The lowest BCUT2D eigenvalue weighted by atomic mass is 9.93. The summed E-state index contributed by atoms with van der Waals surface area (Å²) in [6.07, 6.45) is 0. The minimum Gasteiger partial charge on any atom is -0.463 e. The molecule has 0 spiro atoms. The zero-order chi connectivity index (χ0) is 16.4. The first-order valence-electron chi connectivity index (χ1n) is 7.03.